The highest BCUT2D eigenvalue weighted by Gasteiger charge is 2.27. The van der Waals surface area contributed by atoms with Gasteiger partial charge in [0.1, 0.15) is 11.3 Å². The monoisotopic (exact) mass is 498 g/mol. The van der Waals surface area contributed by atoms with Gasteiger partial charge in [-0.3, -0.25) is 9.78 Å². The van der Waals surface area contributed by atoms with Crippen LogP contribution in [0.4, 0.5) is 16.2 Å². The van der Waals surface area contributed by atoms with Crippen molar-refractivity contribution in [2.45, 2.75) is 26.4 Å². The minimum atomic E-state index is -0.531. The number of nitrogens with zero attached hydrogens (tertiary/aromatic N) is 4. The molecule has 1 saturated heterocycles. The van der Waals surface area contributed by atoms with Crippen LogP contribution in [0.15, 0.2) is 67.1 Å². The van der Waals surface area contributed by atoms with E-state index in [1.807, 2.05) is 69.4 Å². The van der Waals surface area contributed by atoms with Gasteiger partial charge in [-0.25, -0.2) is 9.78 Å². The molecule has 9 heteroatoms. The molecule has 0 unspecified atom stereocenters. The molecule has 0 bridgehead atoms. The Morgan fingerprint density at radius 1 is 1.03 bits per heavy atom. The van der Waals surface area contributed by atoms with Gasteiger partial charge in [0.05, 0.1) is 23.3 Å². The maximum absolute atomic E-state index is 13.2. The highest BCUT2D eigenvalue weighted by molar-refractivity contribution is 6.05. The van der Waals surface area contributed by atoms with Gasteiger partial charge in [0.2, 0.25) is 0 Å². The van der Waals surface area contributed by atoms with Gasteiger partial charge in [-0.1, -0.05) is 12.1 Å². The van der Waals surface area contributed by atoms with E-state index in [-0.39, 0.29) is 12.0 Å². The zero-order valence-corrected chi connectivity index (χ0v) is 21.2. The molecule has 37 heavy (non-hydrogen) atoms. The summed E-state index contributed by atoms with van der Waals surface area (Å²) in [5.41, 5.74) is 3.94. The van der Waals surface area contributed by atoms with Crippen LogP contribution in [0.3, 0.4) is 0 Å². The van der Waals surface area contributed by atoms with Crippen molar-refractivity contribution in [2.24, 2.45) is 0 Å². The summed E-state index contributed by atoms with van der Waals surface area (Å²) in [5.74, 6) is -0.314. The summed E-state index contributed by atoms with van der Waals surface area (Å²) in [6, 6.07) is 15.3. The standard InChI is InChI=1S/C28H30N6O3/c1-28(2,3)37-27(36)34-15-13-33(14-16-34)25-10-11-29-18-24(25)32-26(35)23-6-4-5-22(31-23)19-7-8-21-20(17-19)9-12-30-21/h4-12,17-18,30H,13-16H2,1-3H3,(H,32,35). The molecule has 1 aliphatic heterocycles. The fourth-order valence-electron chi connectivity index (χ4n) is 4.34. The number of nitrogens with one attached hydrogen (secondary N) is 2. The van der Waals surface area contributed by atoms with Crippen LogP contribution in [0.2, 0.25) is 0 Å². The first-order chi connectivity index (χ1) is 17.8. The minimum Gasteiger partial charge on any atom is -0.444 e. The molecule has 3 aromatic heterocycles. The van der Waals surface area contributed by atoms with Crippen molar-refractivity contribution in [1.82, 2.24) is 19.9 Å². The summed E-state index contributed by atoms with van der Waals surface area (Å²) in [4.78, 5) is 41.5. The van der Waals surface area contributed by atoms with Gasteiger partial charge >= 0.3 is 6.09 Å². The van der Waals surface area contributed by atoms with Gasteiger partial charge in [-0.2, -0.15) is 0 Å². The third-order valence-corrected chi connectivity index (χ3v) is 6.15. The number of anilines is 2. The van der Waals surface area contributed by atoms with Gasteiger partial charge < -0.3 is 24.8 Å². The number of fused-ring (bicyclic) bond motifs is 1. The normalized spacial score (nSPS) is 14.0. The second-order valence-electron chi connectivity index (χ2n) is 9.99. The molecule has 1 aromatic carbocycles. The van der Waals surface area contributed by atoms with Crippen molar-refractivity contribution in [2.75, 3.05) is 36.4 Å². The Hall–Kier alpha value is -4.40. The molecule has 5 rings (SSSR count). The molecule has 9 nitrogen and oxygen atoms in total. The van der Waals surface area contributed by atoms with E-state index < -0.39 is 5.60 Å². The molecule has 2 amide bonds. The van der Waals surface area contributed by atoms with Crippen molar-refractivity contribution in [3.8, 4) is 11.3 Å². The number of carbonyl (C=O) groups excluding carboxylic acids is 2. The lowest BCUT2D eigenvalue weighted by atomic mass is 10.1. The maximum atomic E-state index is 13.2. The summed E-state index contributed by atoms with van der Waals surface area (Å²) < 4.78 is 5.49. The first-order valence-electron chi connectivity index (χ1n) is 12.3. The summed E-state index contributed by atoms with van der Waals surface area (Å²) >= 11 is 0. The van der Waals surface area contributed by atoms with Crippen LogP contribution >= 0.6 is 0 Å². The van der Waals surface area contributed by atoms with Crippen LogP contribution in [-0.2, 0) is 4.74 Å². The Morgan fingerprint density at radius 3 is 2.62 bits per heavy atom. The summed E-state index contributed by atoms with van der Waals surface area (Å²) in [6.07, 6.45) is 4.92. The predicted octanol–water partition coefficient (Wildman–Crippen LogP) is 4.93. The van der Waals surface area contributed by atoms with E-state index in [1.165, 1.54) is 0 Å². The molecule has 0 radical (unpaired) electrons. The molecule has 1 aliphatic rings. The summed E-state index contributed by atoms with van der Waals surface area (Å²) in [7, 11) is 0. The zero-order valence-electron chi connectivity index (χ0n) is 21.2. The second kappa shape index (κ2) is 9.93. The van der Waals surface area contributed by atoms with E-state index >= 15 is 0 Å². The lowest BCUT2D eigenvalue weighted by Crippen LogP contribution is -2.50. The molecule has 4 heterocycles. The van der Waals surface area contributed by atoms with Crippen molar-refractivity contribution >= 4 is 34.3 Å². The van der Waals surface area contributed by atoms with Crippen LogP contribution in [0.1, 0.15) is 31.3 Å². The van der Waals surface area contributed by atoms with Crippen LogP contribution in [0.5, 0.6) is 0 Å². The molecule has 0 saturated carbocycles. The quantitative estimate of drug-likeness (QED) is 0.413. The minimum absolute atomic E-state index is 0.308. The smallest absolute Gasteiger partial charge is 0.410 e. The Balaban J connectivity index is 1.29. The number of rotatable bonds is 4. The molecule has 1 fully saturated rings. The third kappa shape index (κ3) is 5.55. The van der Waals surface area contributed by atoms with Crippen LogP contribution in [-0.4, -0.2) is 63.6 Å². The number of aromatic amines is 1. The van der Waals surface area contributed by atoms with E-state index in [2.05, 4.69) is 25.2 Å². The van der Waals surface area contributed by atoms with E-state index in [1.54, 1.807) is 23.4 Å². The number of H-pyrrole nitrogens is 1. The van der Waals surface area contributed by atoms with Crippen LogP contribution in [0, 0.1) is 0 Å². The molecule has 4 aromatic rings. The van der Waals surface area contributed by atoms with Crippen molar-refractivity contribution in [1.29, 1.82) is 0 Å². The average molecular weight is 499 g/mol. The fraction of sp³-hybridized carbons (Fsp3) is 0.286. The van der Waals surface area contributed by atoms with Crippen LogP contribution in [0.25, 0.3) is 22.2 Å². The van der Waals surface area contributed by atoms with Gasteiger partial charge in [-0.15, -0.1) is 0 Å². The highest BCUT2D eigenvalue weighted by atomic mass is 16.6. The van der Waals surface area contributed by atoms with Gasteiger partial charge in [0.15, 0.2) is 0 Å². The summed E-state index contributed by atoms with van der Waals surface area (Å²) in [5, 5.41) is 4.06. The van der Waals surface area contributed by atoms with Crippen molar-refractivity contribution in [3.05, 3.63) is 72.8 Å². The average Bonchev–Trinajstić information content (AvgIpc) is 3.36. The number of carbonyl (C=O) groups is 2. The third-order valence-electron chi connectivity index (χ3n) is 6.15. The fourth-order valence-corrected chi connectivity index (χ4v) is 4.34. The van der Waals surface area contributed by atoms with Gasteiger partial charge in [-0.05, 0) is 57.2 Å². The Labute approximate surface area is 215 Å². The first kappa shape index (κ1) is 24.3. The van der Waals surface area contributed by atoms with E-state index in [9.17, 15) is 9.59 Å². The second-order valence-corrected chi connectivity index (χ2v) is 9.99. The maximum Gasteiger partial charge on any atom is 0.410 e. The highest BCUT2D eigenvalue weighted by Crippen LogP contribution is 2.27. The van der Waals surface area contributed by atoms with E-state index in [0.29, 0.717) is 37.6 Å². The molecule has 190 valence electrons. The Morgan fingerprint density at radius 2 is 1.84 bits per heavy atom. The van der Waals surface area contributed by atoms with Gasteiger partial charge in [0, 0.05) is 55.0 Å². The Bertz CT molecular complexity index is 1430. The molecule has 2 N–H and O–H groups in total. The number of pyridine rings is 2. The SMILES string of the molecule is CC(C)(C)OC(=O)N1CCN(c2ccncc2NC(=O)c2cccc(-c3ccc4[nH]ccc4c3)n2)CC1. The van der Waals surface area contributed by atoms with E-state index in [0.717, 1.165) is 27.8 Å². The molecular weight excluding hydrogens is 468 g/mol. The lowest BCUT2D eigenvalue weighted by molar-refractivity contribution is 0.0240. The first-order valence-corrected chi connectivity index (χ1v) is 12.3. The largest absolute Gasteiger partial charge is 0.444 e. The molecule has 0 aliphatic carbocycles. The van der Waals surface area contributed by atoms with Gasteiger partial charge in [0.25, 0.3) is 5.91 Å². The summed E-state index contributed by atoms with van der Waals surface area (Å²) in [6.45, 7) is 7.86. The van der Waals surface area contributed by atoms with Crippen molar-refractivity contribution in [3.63, 3.8) is 0 Å². The molecule has 0 atom stereocenters. The predicted molar refractivity (Wildman–Crippen MR) is 144 cm³/mol. The lowest BCUT2D eigenvalue weighted by Gasteiger charge is -2.37. The van der Waals surface area contributed by atoms with E-state index in [4.69, 9.17) is 4.74 Å². The molecular formula is C28H30N6O3. The number of piperazine rings is 1. The number of amides is 2. The zero-order chi connectivity index (χ0) is 26.0. The number of benzene rings is 1. The molecule has 0 spiro atoms. The number of ether oxygens (including phenoxy) is 1. The number of hydrogen-bond acceptors (Lipinski definition) is 6. The Kier molecular flexibility index (Phi) is 6.52. The van der Waals surface area contributed by atoms with Crippen LogP contribution < -0.4 is 10.2 Å². The number of aromatic nitrogens is 3. The topological polar surface area (TPSA) is 103 Å². The number of hydrogen-bond donors (Lipinski definition) is 2. The van der Waals surface area contributed by atoms with Crippen molar-refractivity contribution < 1.29 is 14.3 Å².